The predicted molar refractivity (Wildman–Crippen MR) is 102 cm³/mol. The lowest BCUT2D eigenvalue weighted by Gasteiger charge is -2.29. The van der Waals surface area contributed by atoms with Gasteiger partial charge in [0.25, 0.3) is 0 Å². The Hall–Kier alpha value is -1.40. The first-order valence-corrected chi connectivity index (χ1v) is 11.3. The van der Waals surface area contributed by atoms with Crippen LogP contribution in [0.1, 0.15) is 57.9 Å². The average Bonchev–Trinajstić information content (AvgIpc) is 3.38. The Morgan fingerprint density at radius 2 is 1.85 bits per heavy atom. The normalized spacial score (nSPS) is 28.8. The van der Waals surface area contributed by atoms with Gasteiger partial charge in [0, 0.05) is 23.7 Å². The molecule has 1 N–H and O–H groups in total. The van der Waals surface area contributed by atoms with Crippen molar-refractivity contribution >= 4 is 21.6 Å². The molecule has 0 bridgehead atoms. The third-order valence-electron chi connectivity index (χ3n) is 6.16. The maximum absolute atomic E-state index is 12.9. The van der Waals surface area contributed by atoms with Gasteiger partial charge >= 0.3 is 0 Å². The number of amides is 1. The summed E-state index contributed by atoms with van der Waals surface area (Å²) < 4.78 is 28.7. The largest absolute Gasteiger partial charge is 0.309 e. The number of sulfonamides is 1. The fourth-order valence-corrected chi connectivity index (χ4v) is 5.83. The zero-order chi connectivity index (χ0) is 18.5. The standard InChI is InChI=1S/C20H28N2O3S/c1-13-5-3-4-6-18(13)21-26(24,25)17-9-10-19-16(12-17)11-14(2)22(19)20(23)15-7-8-15/h9-10,12-15,18,21H,3-8,11H2,1-2H3/t13-,14-,18+/m1/s1. The van der Waals surface area contributed by atoms with Crippen molar-refractivity contribution in [3.8, 4) is 0 Å². The van der Waals surface area contributed by atoms with Crippen molar-refractivity contribution in [3.63, 3.8) is 0 Å². The van der Waals surface area contributed by atoms with Gasteiger partial charge in [-0.15, -0.1) is 0 Å². The van der Waals surface area contributed by atoms with E-state index in [0.29, 0.717) is 10.8 Å². The number of benzene rings is 1. The third-order valence-corrected chi connectivity index (χ3v) is 7.65. The van der Waals surface area contributed by atoms with Crippen LogP contribution in [0.3, 0.4) is 0 Å². The van der Waals surface area contributed by atoms with Crippen molar-refractivity contribution in [2.24, 2.45) is 11.8 Å². The predicted octanol–water partition coefficient (Wildman–Crippen LogP) is 3.23. The minimum Gasteiger partial charge on any atom is -0.309 e. The Labute approximate surface area is 156 Å². The Balaban J connectivity index is 1.57. The summed E-state index contributed by atoms with van der Waals surface area (Å²) in [4.78, 5) is 14.8. The molecule has 1 aliphatic heterocycles. The average molecular weight is 377 g/mol. The first-order valence-electron chi connectivity index (χ1n) is 9.85. The van der Waals surface area contributed by atoms with Crippen LogP contribution in [-0.2, 0) is 21.2 Å². The number of fused-ring (bicyclic) bond motifs is 1. The summed E-state index contributed by atoms with van der Waals surface area (Å²) >= 11 is 0. The van der Waals surface area contributed by atoms with Gasteiger partial charge < -0.3 is 4.90 Å². The van der Waals surface area contributed by atoms with Gasteiger partial charge in [-0.3, -0.25) is 4.79 Å². The van der Waals surface area contributed by atoms with Crippen LogP contribution in [0.2, 0.25) is 0 Å². The van der Waals surface area contributed by atoms with Crippen molar-refractivity contribution in [3.05, 3.63) is 23.8 Å². The fourth-order valence-electron chi connectivity index (χ4n) is 4.40. The van der Waals surface area contributed by atoms with Crippen LogP contribution in [0.15, 0.2) is 23.1 Å². The van der Waals surface area contributed by atoms with E-state index in [2.05, 4.69) is 11.6 Å². The van der Waals surface area contributed by atoms with Gasteiger partial charge in [-0.1, -0.05) is 19.8 Å². The van der Waals surface area contributed by atoms with E-state index in [-0.39, 0.29) is 23.9 Å². The van der Waals surface area contributed by atoms with Crippen LogP contribution in [0, 0.1) is 11.8 Å². The molecular weight excluding hydrogens is 348 g/mol. The smallest absolute Gasteiger partial charge is 0.240 e. The van der Waals surface area contributed by atoms with E-state index in [1.807, 2.05) is 17.9 Å². The van der Waals surface area contributed by atoms with E-state index in [1.54, 1.807) is 12.1 Å². The van der Waals surface area contributed by atoms with E-state index < -0.39 is 10.0 Å². The molecule has 3 aliphatic rings. The molecule has 0 radical (unpaired) electrons. The van der Waals surface area contributed by atoms with Gasteiger partial charge in [0.1, 0.15) is 0 Å². The molecule has 0 unspecified atom stereocenters. The molecule has 1 heterocycles. The Morgan fingerprint density at radius 3 is 2.54 bits per heavy atom. The fraction of sp³-hybridized carbons (Fsp3) is 0.650. The Morgan fingerprint density at radius 1 is 1.12 bits per heavy atom. The van der Waals surface area contributed by atoms with Crippen molar-refractivity contribution in [2.75, 3.05) is 4.90 Å². The molecule has 1 aromatic carbocycles. The lowest BCUT2D eigenvalue weighted by molar-refractivity contribution is -0.120. The Kier molecular flexibility index (Phi) is 4.59. The number of hydrogen-bond acceptors (Lipinski definition) is 3. The summed E-state index contributed by atoms with van der Waals surface area (Å²) in [7, 11) is -3.53. The molecular formula is C20H28N2O3S. The molecule has 142 valence electrons. The summed E-state index contributed by atoms with van der Waals surface area (Å²) in [6.45, 7) is 4.16. The van der Waals surface area contributed by atoms with Crippen LogP contribution in [0.4, 0.5) is 5.69 Å². The molecule has 2 fully saturated rings. The topological polar surface area (TPSA) is 66.5 Å². The number of carbonyl (C=O) groups is 1. The third kappa shape index (κ3) is 3.29. The van der Waals surface area contributed by atoms with E-state index in [1.165, 1.54) is 6.42 Å². The van der Waals surface area contributed by atoms with Crippen LogP contribution in [-0.4, -0.2) is 26.4 Å². The van der Waals surface area contributed by atoms with Crippen molar-refractivity contribution in [1.29, 1.82) is 0 Å². The van der Waals surface area contributed by atoms with Gasteiger partial charge in [0.15, 0.2) is 0 Å². The minimum absolute atomic E-state index is 0.0221. The molecule has 1 aromatic rings. The van der Waals surface area contributed by atoms with Crippen molar-refractivity contribution in [1.82, 2.24) is 4.72 Å². The molecule has 4 rings (SSSR count). The molecule has 0 aromatic heterocycles. The summed E-state index contributed by atoms with van der Waals surface area (Å²) in [5.41, 5.74) is 1.85. The van der Waals surface area contributed by atoms with Crippen molar-refractivity contribution in [2.45, 2.75) is 75.8 Å². The highest BCUT2D eigenvalue weighted by molar-refractivity contribution is 7.89. The number of anilines is 1. The van der Waals surface area contributed by atoms with Crippen LogP contribution in [0.5, 0.6) is 0 Å². The maximum atomic E-state index is 12.9. The molecule has 0 spiro atoms. The highest BCUT2D eigenvalue weighted by Gasteiger charge is 2.40. The minimum atomic E-state index is -3.53. The zero-order valence-corrected chi connectivity index (χ0v) is 16.4. The van der Waals surface area contributed by atoms with E-state index in [9.17, 15) is 13.2 Å². The van der Waals surface area contributed by atoms with Gasteiger partial charge in [-0.05, 0) is 68.7 Å². The molecule has 6 heteroatoms. The maximum Gasteiger partial charge on any atom is 0.240 e. The van der Waals surface area contributed by atoms with Crippen LogP contribution < -0.4 is 9.62 Å². The highest BCUT2D eigenvalue weighted by atomic mass is 32.2. The SMILES string of the molecule is C[C@@H]1CCCC[C@@H]1NS(=O)(=O)c1ccc2c(c1)C[C@@H](C)N2C(=O)C1CC1. The second kappa shape index (κ2) is 6.64. The van der Waals surface area contributed by atoms with Crippen LogP contribution in [0.25, 0.3) is 0 Å². The molecule has 26 heavy (non-hydrogen) atoms. The second-order valence-corrected chi connectivity index (χ2v) is 10.0. The quantitative estimate of drug-likeness (QED) is 0.877. The second-order valence-electron chi connectivity index (χ2n) is 8.32. The Bertz CT molecular complexity index is 816. The molecule has 3 atom stereocenters. The molecule has 5 nitrogen and oxygen atoms in total. The first kappa shape index (κ1) is 18.0. The summed E-state index contributed by atoms with van der Waals surface area (Å²) in [5, 5.41) is 0. The lowest BCUT2D eigenvalue weighted by atomic mass is 9.87. The monoisotopic (exact) mass is 376 g/mol. The summed E-state index contributed by atoms with van der Waals surface area (Å²) in [5.74, 6) is 0.738. The number of rotatable bonds is 4. The zero-order valence-electron chi connectivity index (χ0n) is 15.6. The summed E-state index contributed by atoms with van der Waals surface area (Å²) in [6, 6.07) is 5.36. The van der Waals surface area contributed by atoms with Crippen LogP contribution >= 0.6 is 0 Å². The number of nitrogens with one attached hydrogen (secondary N) is 1. The molecule has 2 saturated carbocycles. The highest BCUT2D eigenvalue weighted by Crippen LogP contribution is 2.39. The number of nitrogens with zero attached hydrogens (tertiary/aromatic N) is 1. The van der Waals surface area contributed by atoms with E-state index >= 15 is 0 Å². The molecule has 1 amide bonds. The molecule has 0 saturated heterocycles. The number of carbonyl (C=O) groups excluding carboxylic acids is 1. The summed E-state index contributed by atoms with van der Waals surface area (Å²) in [6.07, 6.45) is 6.93. The van der Waals surface area contributed by atoms with Gasteiger partial charge in [-0.25, -0.2) is 13.1 Å². The van der Waals surface area contributed by atoms with Gasteiger partial charge in [0.2, 0.25) is 15.9 Å². The van der Waals surface area contributed by atoms with Gasteiger partial charge in [0.05, 0.1) is 4.90 Å². The first-order chi connectivity index (χ1) is 12.4. The lowest BCUT2D eigenvalue weighted by Crippen LogP contribution is -2.41. The van der Waals surface area contributed by atoms with Crippen molar-refractivity contribution < 1.29 is 13.2 Å². The van der Waals surface area contributed by atoms with Gasteiger partial charge in [-0.2, -0.15) is 0 Å². The van der Waals surface area contributed by atoms with E-state index in [0.717, 1.165) is 49.8 Å². The number of hydrogen-bond donors (Lipinski definition) is 1. The molecule has 2 aliphatic carbocycles. The van der Waals surface area contributed by atoms with E-state index in [4.69, 9.17) is 0 Å².